The monoisotopic (exact) mass is 515 g/mol. The van der Waals surface area contributed by atoms with Crippen molar-refractivity contribution in [2.75, 3.05) is 36.0 Å². The van der Waals surface area contributed by atoms with E-state index in [-0.39, 0.29) is 11.9 Å². The first kappa shape index (κ1) is 26.1. The Kier molecular flexibility index (Phi) is 7.37. The number of carbonyl (C=O) groups is 1. The van der Waals surface area contributed by atoms with Crippen molar-refractivity contribution in [2.24, 2.45) is 0 Å². The minimum Gasteiger partial charge on any atom is -0.366 e. The van der Waals surface area contributed by atoms with Gasteiger partial charge in [0.1, 0.15) is 12.5 Å². The number of nitrogens with zero attached hydrogens (tertiary/aromatic N) is 5. The van der Waals surface area contributed by atoms with Gasteiger partial charge in [0.15, 0.2) is 5.82 Å². The number of anilines is 2. The van der Waals surface area contributed by atoms with E-state index in [4.69, 9.17) is 9.97 Å². The summed E-state index contributed by atoms with van der Waals surface area (Å²) in [5.74, 6) is 2.06. The highest BCUT2D eigenvalue weighted by atomic mass is 19.1. The fraction of sp³-hybridized carbons (Fsp3) is 0.452. The molecule has 1 atom stereocenters. The van der Waals surface area contributed by atoms with Crippen LogP contribution in [0.25, 0.3) is 11.4 Å². The number of piperazine rings is 1. The van der Waals surface area contributed by atoms with Gasteiger partial charge < -0.3 is 14.7 Å². The molecule has 200 valence electrons. The molecule has 0 bridgehead atoms. The van der Waals surface area contributed by atoms with Gasteiger partial charge in [0.05, 0.1) is 5.69 Å². The summed E-state index contributed by atoms with van der Waals surface area (Å²) in [4.78, 5) is 28.9. The van der Waals surface area contributed by atoms with Crippen molar-refractivity contribution in [2.45, 2.75) is 66.2 Å². The number of hydrogen-bond donors (Lipinski definition) is 0. The SMILES string of the molecule is CC(=O)N1CCN(c2nc(-c3ccccc3CF)nc3c2CN(c2cc(C(C)C)ccc2C)CC3)C[C@H]1C. The maximum absolute atomic E-state index is 13.9. The molecule has 3 aromatic rings. The van der Waals surface area contributed by atoms with Gasteiger partial charge >= 0.3 is 0 Å². The standard InChI is InChI=1S/C31H38FN5O/c1-20(2)24-11-10-21(3)29(16-24)35-13-12-28-27(19-35)31(36-14-15-37(23(5)38)22(4)18-36)34-30(33-28)26-9-7-6-8-25(26)17-32/h6-11,16,20,22H,12-15,17-19H2,1-5H3/t22-/m1/s1. The van der Waals surface area contributed by atoms with Gasteiger partial charge in [-0.15, -0.1) is 0 Å². The number of amides is 1. The van der Waals surface area contributed by atoms with E-state index in [9.17, 15) is 9.18 Å². The molecule has 0 saturated carbocycles. The molecule has 2 aliphatic rings. The number of benzene rings is 2. The topological polar surface area (TPSA) is 52.6 Å². The molecule has 0 N–H and O–H groups in total. The Balaban J connectivity index is 1.58. The Hall–Kier alpha value is -3.48. The number of carbonyl (C=O) groups excluding carboxylic acids is 1. The van der Waals surface area contributed by atoms with Crippen LogP contribution >= 0.6 is 0 Å². The lowest BCUT2D eigenvalue weighted by Gasteiger charge is -2.42. The van der Waals surface area contributed by atoms with Crippen LogP contribution in [0.2, 0.25) is 0 Å². The third-order valence-electron chi connectivity index (χ3n) is 8.01. The first-order valence-electron chi connectivity index (χ1n) is 13.7. The van der Waals surface area contributed by atoms with Gasteiger partial charge in [0, 0.05) is 68.9 Å². The highest BCUT2D eigenvalue weighted by molar-refractivity contribution is 5.74. The van der Waals surface area contributed by atoms with Gasteiger partial charge in [0.2, 0.25) is 5.91 Å². The lowest BCUT2D eigenvalue weighted by molar-refractivity contribution is -0.131. The molecule has 6 nitrogen and oxygen atoms in total. The summed E-state index contributed by atoms with van der Waals surface area (Å²) in [5.41, 5.74) is 7.38. The molecular formula is C31H38FN5O. The summed E-state index contributed by atoms with van der Waals surface area (Å²) >= 11 is 0. The van der Waals surface area contributed by atoms with Gasteiger partial charge in [-0.1, -0.05) is 50.2 Å². The molecule has 0 unspecified atom stereocenters. The normalized spacial score (nSPS) is 17.7. The predicted octanol–water partition coefficient (Wildman–Crippen LogP) is 5.66. The molecule has 0 spiro atoms. The summed E-state index contributed by atoms with van der Waals surface area (Å²) in [6.07, 6.45) is 0.796. The molecule has 38 heavy (non-hydrogen) atoms. The molecule has 2 aromatic carbocycles. The third kappa shape index (κ3) is 4.98. The van der Waals surface area contributed by atoms with Crippen molar-refractivity contribution in [1.82, 2.24) is 14.9 Å². The zero-order valence-corrected chi connectivity index (χ0v) is 23.2. The molecule has 3 heterocycles. The molecule has 7 heteroatoms. The molecule has 5 rings (SSSR count). The molecule has 1 aromatic heterocycles. The van der Waals surface area contributed by atoms with E-state index in [0.29, 0.717) is 36.9 Å². The van der Waals surface area contributed by atoms with Crippen molar-refractivity contribution in [3.05, 3.63) is 70.4 Å². The lowest BCUT2D eigenvalue weighted by Crippen LogP contribution is -2.54. The zero-order chi connectivity index (χ0) is 27.0. The fourth-order valence-electron chi connectivity index (χ4n) is 5.78. The van der Waals surface area contributed by atoms with Crippen LogP contribution in [0.5, 0.6) is 0 Å². The smallest absolute Gasteiger partial charge is 0.219 e. The quantitative estimate of drug-likeness (QED) is 0.439. The van der Waals surface area contributed by atoms with Gasteiger partial charge in [-0.25, -0.2) is 14.4 Å². The second-order valence-corrected chi connectivity index (χ2v) is 11.0. The van der Waals surface area contributed by atoms with E-state index in [1.54, 1.807) is 13.0 Å². The number of halogens is 1. The Morgan fingerprint density at radius 1 is 1.08 bits per heavy atom. The van der Waals surface area contributed by atoms with E-state index in [0.717, 1.165) is 42.1 Å². The number of hydrogen-bond acceptors (Lipinski definition) is 5. The summed E-state index contributed by atoms with van der Waals surface area (Å²) in [5, 5.41) is 0. The van der Waals surface area contributed by atoms with Crippen LogP contribution in [0.3, 0.4) is 0 Å². The maximum atomic E-state index is 13.9. The number of aromatic nitrogens is 2. The average molecular weight is 516 g/mol. The van der Waals surface area contributed by atoms with Crippen LogP contribution < -0.4 is 9.80 Å². The summed E-state index contributed by atoms with van der Waals surface area (Å²) in [6, 6.07) is 14.3. The first-order valence-corrected chi connectivity index (χ1v) is 13.7. The Bertz CT molecular complexity index is 1340. The van der Waals surface area contributed by atoms with Crippen molar-refractivity contribution in [3.63, 3.8) is 0 Å². The third-order valence-corrected chi connectivity index (χ3v) is 8.01. The summed E-state index contributed by atoms with van der Waals surface area (Å²) in [6.45, 7) is 13.5. The van der Waals surface area contributed by atoms with Crippen molar-refractivity contribution < 1.29 is 9.18 Å². The molecule has 1 amide bonds. The largest absolute Gasteiger partial charge is 0.366 e. The summed E-state index contributed by atoms with van der Waals surface area (Å²) in [7, 11) is 0. The van der Waals surface area contributed by atoms with E-state index >= 15 is 0 Å². The van der Waals surface area contributed by atoms with E-state index in [1.807, 2.05) is 23.1 Å². The van der Waals surface area contributed by atoms with E-state index < -0.39 is 6.67 Å². The highest BCUT2D eigenvalue weighted by Gasteiger charge is 2.31. The van der Waals surface area contributed by atoms with Crippen molar-refractivity contribution >= 4 is 17.4 Å². The molecule has 0 aliphatic carbocycles. The maximum Gasteiger partial charge on any atom is 0.219 e. The summed E-state index contributed by atoms with van der Waals surface area (Å²) < 4.78 is 13.9. The molecule has 1 saturated heterocycles. The minimum atomic E-state index is -0.556. The fourth-order valence-corrected chi connectivity index (χ4v) is 5.78. The number of fused-ring (bicyclic) bond motifs is 1. The van der Waals surface area contributed by atoms with Gasteiger partial charge in [-0.05, 0) is 42.5 Å². The Labute approximate surface area is 225 Å². The Morgan fingerprint density at radius 3 is 2.58 bits per heavy atom. The first-order chi connectivity index (χ1) is 18.3. The van der Waals surface area contributed by atoms with Gasteiger partial charge in [0.25, 0.3) is 0 Å². The Morgan fingerprint density at radius 2 is 1.87 bits per heavy atom. The molecule has 2 aliphatic heterocycles. The van der Waals surface area contributed by atoms with Crippen LogP contribution in [-0.4, -0.2) is 53.0 Å². The number of aryl methyl sites for hydroxylation is 1. The average Bonchev–Trinajstić information content (AvgIpc) is 2.92. The van der Waals surface area contributed by atoms with Crippen molar-refractivity contribution in [3.8, 4) is 11.4 Å². The molecule has 0 radical (unpaired) electrons. The van der Waals surface area contributed by atoms with Crippen molar-refractivity contribution in [1.29, 1.82) is 0 Å². The van der Waals surface area contributed by atoms with Crippen LogP contribution in [0.1, 0.15) is 61.6 Å². The van der Waals surface area contributed by atoms with Gasteiger partial charge in [-0.3, -0.25) is 4.79 Å². The number of rotatable bonds is 5. The molecular weight excluding hydrogens is 477 g/mol. The second kappa shape index (κ2) is 10.7. The lowest BCUT2D eigenvalue weighted by atomic mass is 9.98. The second-order valence-electron chi connectivity index (χ2n) is 11.0. The van der Waals surface area contributed by atoms with Crippen LogP contribution in [0.15, 0.2) is 42.5 Å². The predicted molar refractivity (Wildman–Crippen MR) is 151 cm³/mol. The zero-order valence-electron chi connectivity index (χ0n) is 23.2. The minimum absolute atomic E-state index is 0.0816. The van der Waals surface area contributed by atoms with E-state index in [2.05, 4.69) is 55.7 Å². The van der Waals surface area contributed by atoms with E-state index in [1.165, 1.54) is 16.8 Å². The van der Waals surface area contributed by atoms with Gasteiger partial charge in [-0.2, -0.15) is 0 Å². The van der Waals surface area contributed by atoms with Crippen LogP contribution in [0, 0.1) is 6.92 Å². The number of alkyl halides is 1. The van der Waals surface area contributed by atoms with Crippen LogP contribution in [0.4, 0.5) is 15.9 Å². The van der Waals surface area contributed by atoms with Crippen LogP contribution in [-0.2, 0) is 24.4 Å². The molecule has 1 fully saturated rings. The highest BCUT2D eigenvalue weighted by Crippen LogP contribution is 2.35.